The first-order valence-electron chi connectivity index (χ1n) is 6.99. The molecule has 0 aromatic carbocycles. The van der Waals surface area contributed by atoms with Crippen LogP contribution >= 0.6 is 0 Å². The Morgan fingerprint density at radius 3 is 3.00 bits per heavy atom. The highest BCUT2D eigenvalue weighted by atomic mass is 16.3. The van der Waals surface area contributed by atoms with Crippen LogP contribution in [-0.2, 0) is 13.0 Å². The molecule has 2 rings (SSSR count). The molecular formula is C14H25N3O. The van der Waals surface area contributed by atoms with Crippen LogP contribution in [-0.4, -0.2) is 33.6 Å². The van der Waals surface area contributed by atoms with Gasteiger partial charge < -0.3 is 10.4 Å². The van der Waals surface area contributed by atoms with Crippen LogP contribution < -0.4 is 5.32 Å². The number of aliphatic hydroxyl groups is 1. The van der Waals surface area contributed by atoms with Crippen LogP contribution in [0.5, 0.6) is 0 Å². The van der Waals surface area contributed by atoms with Crippen LogP contribution in [0.3, 0.4) is 0 Å². The Hall–Kier alpha value is -0.870. The summed E-state index contributed by atoms with van der Waals surface area (Å²) >= 11 is 0. The summed E-state index contributed by atoms with van der Waals surface area (Å²) in [5.41, 5.74) is 1.53. The number of hydrogen-bond acceptors (Lipinski definition) is 3. The van der Waals surface area contributed by atoms with Crippen molar-refractivity contribution in [3.8, 4) is 0 Å². The van der Waals surface area contributed by atoms with Crippen molar-refractivity contribution in [2.75, 3.05) is 13.1 Å². The molecular weight excluding hydrogens is 226 g/mol. The molecule has 1 saturated heterocycles. The van der Waals surface area contributed by atoms with E-state index in [1.807, 2.05) is 18.5 Å². The van der Waals surface area contributed by atoms with E-state index in [0.29, 0.717) is 12.3 Å². The van der Waals surface area contributed by atoms with Gasteiger partial charge in [-0.1, -0.05) is 0 Å². The van der Waals surface area contributed by atoms with Crippen molar-refractivity contribution >= 4 is 0 Å². The second-order valence-electron chi connectivity index (χ2n) is 5.67. The van der Waals surface area contributed by atoms with E-state index in [9.17, 15) is 5.11 Å². The molecule has 2 atom stereocenters. The molecule has 18 heavy (non-hydrogen) atoms. The average Bonchev–Trinajstić information content (AvgIpc) is 2.70. The van der Waals surface area contributed by atoms with E-state index < -0.39 is 5.60 Å². The van der Waals surface area contributed by atoms with E-state index in [4.69, 9.17) is 0 Å². The zero-order chi connectivity index (χ0) is 13.2. The lowest BCUT2D eigenvalue weighted by molar-refractivity contribution is -0.0117. The van der Waals surface area contributed by atoms with Crippen LogP contribution in [0.15, 0.2) is 6.07 Å². The molecule has 0 bridgehead atoms. The van der Waals surface area contributed by atoms with Crippen molar-refractivity contribution in [2.24, 2.45) is 5.92 Å². The van der Waals surface area contributed by atoms with Crippen LogP contribution in [0.25, 0.3) is 0 Å². The minimum atomic E-state index is -0.646. The van der Waals surface area contributed by atoms with Crippen molar-refractivity contribution in [3.05, 3.63) is 17.5 Å². The van der Waals surface area contributed by atoms with Crippen molar-refractivity contribution in [3.63, 3.8) is 0 Å². The zero-order valence-corrected chi connectivity index (χ0v) is 11.7. The molecule has 0 saturated carbocycles. The summed E-state index contributed by atoms with van der Waals surface area (Å²) in [6, 6.07) is 2.09. The lowest BCUT2D eigenvalue weighted by atomic mass is 9.80. The molecule has 4 heteroatoms. The Labute approximate surface area is 109 Å². The predicted molar refractivity (Wildman–Crippen MR) is 72.6 cm³/mol. The maximum atomic E-state index is 10.7. The minimum absolute atomic E-state index is 0.340. The van der Waals surface area contributed by atoms with Crippen LogP contribution in [0.4, 0.5) is 0 Å². The summed E-state index contributed by atoms with van der Waals surface area (Å²) in [4.78, 5) is 0. The van der Waals surface area contributed by atoms with E-state index in [1.54, 1.807) is 0 Å². The summed E-state index contributed by atoms with van der Waals surface area (Å²) in [6.07, 6.45) is 2.96. The first kappa shape index (κ1) is 13.6. The van der Waals surface area contributed by atoms with Gasteiger partial charge in [0.15, 0.2) is 0 Å². The van der Waals surface area contributed by atoms with Crippen molar-refractivity contribution in [2.45, 2.75) is 52.2 Å². The highest BCUT2D eigenvalue weighted by Crippen LogP contribution is 2.27. The van der Waals surface area contributed by atoms with Gasteiger partial charge in [-0.15, -0.1) is 0 Å². The topological polar surface area (TPSA) is 50.1 Å². The van der Waals surface area contributed by atoms with Crippen LogP contribution in [0.2, 0.25) is 0 Å². The van der Waals surface area contributed by atoms with E-state index in [0.717, 1.165) is 43.9 Å². The molecule has 102 valence electrons. The standard InChI is InChI=1S/C14H25N3O/c1-4-17-13(8-11(2)16-17)9-14(3,18)12-6-5-7-15-10-12/h8,12,15,18H,4-7,9-10H2,1-3H3. The van der Waals surface area contributed by atoms with Crippen molar-refractivity contribution in [1.82, 2.24) is 15.1 Å². The van der Waals surface area contributed by atoms with Crippen LogP contribution in [0, 0.1) is 12.8 Å². The molecule has 4 nitrogen and oxygen atoms in total. The number of nitrogens with zero attached hydrogens (tertiary/aromatic N) is 2. The summed E-state index contributed by atoms with van der Waals surface area (Å²) in [5.74, 6) is 0.340. The molecule has 0 aliphatic carbocycles. The minimum Gasteiger partial charge on any atom is -0.389 e. The molecule has 0 radical (unpaired) electrons. The molecule has 1 fully saturated rings. The van der Waals surface area contributed by atoms with Gasteiger partial charge in [0.05, 0.1) is 11.3 Å². The molecule has 0 spiro atoms. The fourth-order valence-corrected chi connectivity index (χ4v) is 2.91. The van der Waals surface area contributed by atoms with Crippen LogP contribution in [0.1, 0.15) is 38.1 Å². The molecule has 2 N–H and O–H groups in total. The Morgan fingerprint density at radius 1 is 1.61 bits per heavy atom. The van der Waals surface area contributed by atoms with E-state index >= 15 is 0 Å². The van der Waals surface area contributed by atoms with Gasteiger partial charge in [0.2, 0.25) is 0 Å². The van der Waals surface area contributed by atoms with Gasteiger partial charge >= 0.3 is 0 Å². The third-order valence-corrected chi connectivity index (χ3v) is 4.00. The number of nitrogens with one attached hydrogen (secondary N) is 1. The highest BCUT2D eigenvalue weighted by Gasteiger charge is 2.33. The van der Waals surface area contributed by atoms with Gasteiger partial charge in [-0.05, 0) is 46.2 Å². The van der Waals surface area contributed by atoms with Crippen molar-refractivity contribution < 1.29 is 5.11 Å². The average molecular weight is 251 g/mol. The Bertz CT molecular complexity index is 392. The first-order chi connectivity index (χ1) is 8.53. The van der Waals surface area contributed by atoms with Crippen molar-refractivity contribution in [1.29, 1.82) is 0 Å². The maximum absolute atomic E-state index is 10.7. The van der Waals surface area contributed by atoms with E-state index in [1.165, 1.54) is 0 Å². The third kappa shape index (κ3) is 2.93. The Balaban J connectivity index is 2.10. The maximum Gasteiger partial charge on any atom is 0.0715 e. The smallest absolute Gasteiger partial charge is 0.0715 e. The molecule has 0 amide bonds. The second-order valence-corrected chi connectivity index (χ2v) is 5.67. The molecule has 1 aromatic rings. The first-order valence-corrected chi connectivity index (χ1v) is 6.99. The summed E-state index contributed by atoms with van der Waals surface area (Å²) in [6.45, 7) is 8.93. The summed E-state index contributed by atoms with van der Waals surface area (Å²) in [5, 5.41) is 18.6. The summed E-state index contributed by atoms with van der Waals surface area (Å²) in [7, 11) is 0. The normalized spacial score (nSPS) is 23.9. The largest absolute Gasteiger partial charge is 0.389 e. The van der Waals surface area contributed by atoms with Gasteiger partial charge in [-0.2, -0.15) is 5.10 Å². The lowest BCUT2D eigenvalue weighted by Crippen LogP contribution is -2.45. The number of rotatable bonds is 4. The molecule has 2 unspecified atom stereocenters. The number of aromatic nitrogens is 2. The Morgan fingerprint density at radius 2 is 2.39 bits per heavy atom. The van der Waals surface area contributed by atoms with E-state index in [-0.39, 0.29) is 0 Å². The van der Waals surface area contributed by atoms with Gasteiger partial charge in [-0.3, -0.25) is 4.68 Å². The number of hydrogen-bond donors (Lipinski definition) is 2. The highest BCUT2D eigenvalue weighted by molar-refractivity contribution is 5.12. The fourth-order valence-electron chi connectivity index (χ4n) is 2.91. The Kier molecular flexibility index (Phi) is 4.07. The molecule has 2 heterocycles. The quantitative estimate of drug-likeness (QED) is 0.852. The van der Waals surface area contributed by atoms with Gasteiger partial charge in [0.25, 0.3) is 0 Å². The number of piperidine rings is 1. The van der Waals surface area contributed by atoms with Gasteiger partial charge in [0.1, 0.15) is 0 Å². The van der Waals surface area contributed by atoms with Gasteiger partial charge in [-0.25, -0.2) is 0 Å². The molecule has 1 aromatic heterocycles. The SMILES string of the molecule is CCn1nc(C)cc1CC(C)(O)C1CCCNC1. The van der Waals surface area contributed by atoms with E-state index in [2.05, 4.69) is 23.4 Å². The fraction of sp³-hybridized carbons (Fsp3) is 0.786. The monoisotopic (exact) mass is 251 g/mol. The molecule has 1 aliphatic rings. The lowest BCUT2D eigenvalue weighted by Gasteiger charge is -2.36. The number of aryl methyl sites for hydroxylation is 2. The van der Waals surface area contributed by atoms with Gasteiger partial charge in [0, 0.05) is 31.1 Å². The summed E-state index contributed by atoms with van der Waals surface area (Å²) < 4.78 is 2.00. The zero-order valence-electron chi connectivity index (χ0n) is 11.7. The second kappa shape index (κ2) is 5.41. The predicted octanol–water partition coefficient (Wildman–Crippen LogP) is 1.50. The molecule has 1 aliphatic heterocycles. The third-order valence-electron chi connectivity index (χ3n) is 4.00.